The van der Waals surface area contributed by atoms with Crippen molar-refractivity contribution in [2.45, 2.75) is 19.9 Å². The first-order valence-corrected chi connectivity index (χ1v) is 5.84. The number of rotatable bonds is 5. The summed E-state index contributed by atoms with van der Waals surface area (Å²) in [6, 6.07) is 4.04. The van der Waals surface area contributed by atoms with Gasteiger partial charge in [-0.05, 0) is 31.5 Å². The third kappa shape index (κ3) is 3.43. The predicted molar refractivity (Wildman–Crippen MR) is 68.1 cm³/mol. The van der Waals surface area contributed by atoms with E-state index in [2.05, 4.69) is 5.32 Å². The largest absolute Gasteiger partial charge is 0.497 e. The molecule has 0 aliphatic heterocycles. The number of carbonyl (C=O) groups is 1. The number of nitrogens with two attached hydrogens (primary N) is 1. The van der Waals surface area contributed by atoms with Gasteiger partial charge in [-0.15, -0.1) is 0 Å². The Morgan fingerprint density at radius 2 is 2.17 bits per heavy atom. The number of methoxy groups -OCH3 is 1. The van der Waals surface area contributed by atoms with Crippen LogP contribution in [0.3, 0.4) is 0 Å². The third-order valence-corrected chi connectivity index (χ3v) is 3.00. The van der Waals surface area contributed by atoms with Crippen LogP contribution >= 0.6 is 0 Å². The maximum absolute atomic E-state index is 13.7. The molecule has 5 heteroatoms. The number of hydrogen-bond donors (Lipinski definition) is 2. The number of carbonyl (C=O) groups excluding carboxylic acids is 1. The Morgan fingerprint density at radius 1 is 1.50 bits per heavy atom. The molecule has 2 atom stereocenters. The number of hydrogen-bond acceptors (Lipinski definition) is 3. The van der Waals surface area contributed by atoms with E-state index in [1.807, 2.05) is 13.8 Å². The zero-order valence-electron chi connectivity index (χ0n) is 10.9. The van der Waals surface area contributed by atoms with Gasteiger partial charge in [-0.25, -0.2) is 4.39 Å². The molecule has 0 bridgehead atoms. The SMILES string of the molecule is COc1ccc(C(=O)NC(C)C(C)CN)c(F)c1. The molecule has 0 fully saturated rings. The highest BCUT2D eigenvalue weighted by atomic mass is 19.1. The summed E-state index contributed by atoms with van der Waals surface area (Å²) in [5.41, 5.74) is 5.52. The predicted octanol–water partition coefficient (Wildman–Crippen LogP) is 1.55. The van der Waals surface area contributed by atoms with E-state index in [0.717, 1.165) is 0 Å². The average molecular weight is 254 g/mol. The molecule has 18 heavy (non-hydrogen) atoms. The van der Waals surface area contributed by atoms with Crippen molar-refractivity contribution in [1.82, 2.24) is 5.32 Å². The second-order valence-corrected chi connectivity index (χ2v) is 4.32. The second kappa shape index (κ2) is 6.35. The normalized spacial score (nSPS) is 13.8. The molecule has 1 amide bonds. The summed E-state index contributed by atoms with van der Waals surface area (Å²) in [4.78, 5) is 11.9. The summed E-state index contributed by atoms with van der Waals surface area (Å²) in [6.07, 6.45) is 0. The van der Waals surface area contributed by atoms with Crippen LogP contribution in [0.2, 0.25) is 0 Å². The Labute approximate surface area is 106 Å². The van der Waals surface area contributed by atoms with Gasteiger partial charge in [-0.2, -0.15) is 0 Å². The number of nitrogens with one attached hydrogen (secondary N) is 1. The van der Waals surface area contributed by atoms with E-state index in [1.165, 1.54) is 19.2 Å². The summed E-state index contributed by atoms with van der Waals surface area (Å²) in [5.74, 6) is -0.523. The molecule has 1 aromatic rings. The van der Waals surface area contributed by atoms with Gasteiger partial charge < -0.3 is 15.8 Å². The number of ether oxygens (including phenoxy) is 1. The van der Waals surface area contributed by atoms with Crippen LogP contribution in [-0.2, 0) is 0 Å². The molecule has 4 nitrogen and oxygen atoms in total. The highest BCUT2D eigenvalue weighted by Crippen LogP contribution is 2.16. The molecule has 0 aromatic heterocycles. The Bertz CT molecular complexity index is 423. The van der Waals surface area contributed by atoms with Crippen LogP contribution in [0.1, 0.15) is 24.2 Å². The van der Waals surface area contributed by atoms with E-state index in [1.54, 1.807) is 6.07 Å². The lowest BCUT2D eigenvalue weighted by atomic mass is 10.0. The van der Waals surface area contributed by atoms with Crippen LogP contribution in [0.15, 0.2) is 18.2 Å². The number of benzene rings is 1. The maximum Gasteiger partial charge on any atom is 0.254 e. The molecule has 0 aliphatic rings. The molecule has 0 radical (unpaired) electrons. The van der Waals surface area contributed by atoms with Crippen LogP contribution in [0, 0.1) is 11.7 Å². The van der Waals surface area contributed by atoms with Gasteiger partial charge in [0.15, 0.2) is 0 Å². The first-order valence-electron chi connectivity index (χ1n) is 5.84. The zero-order valence-corrected chi connectivity index (χ0v) is 10.9. The molecule has 1 aromatic carbocycles. The van der Waals surface area contributed by atoms with Crippen molar-refractivity contribution in [3.05, 3.63) is 29.6 Å². The second-order valence-electron chi connectivity index (χ2n) is 4.32. The summed E-state index contributed by atoms with van der Waals surface area (Å²) < 4.78 is 18.5. The van der Waals surface area contributed by atoms with Crippen molar-refractivity contribution in [2.75, 3.05) is 13.7 Å². The number of amides is 1. The lowest BCUT2D eigenvalue weighted by molar-refractivity contribution is 0.0925. The molecule has 0 heterocycles. The zero-order chi connectivity index (χ0) is 13.7. The van der Waals surface area contributed by atoms with Crippen LogP contribution in [0.5, 0.6) is 5.75 Å². The van der Waals surface area contributed by atoms with E-state index >= 15 is 0 Å². The van der Waals surface area contributed by atoms with E-state index in [4.69, 9.17) is 10.5 Å². The quantitative estimate of drug-likeness (QED) is 0.838. The minimum Gasteiger partial charge on any atom is -0.497 e. The van der Waals surface area contributed by atoms with E-state index in [-0.39, 0.29) is 17.5 Å². The summed E-state index contributed by atoms with van der Waals surface area (Å²) in [7, 11) is 1.44. The van der Waals surface area contributed by atoms with E-state index in [9.17, 15) is 9.18 Å². The fraction of sp³-hybridized carbons (Fsp3) is 0.462. The Balaban J connectivity index is 2.78. The molecule has 0 spiro atoms. The summed E-state index contributed by atoms with van der Waals surface area (Å²) in [6.45, 7) is 4.23. The molecule has 2 unspecified atom stereocenters. The molecule has 0 saturated carbocycles. The topological polar surface area (TPSA) is 64.3 Å². The fourth-order valence-corrected chi connectivity index (χ4v) is 1.44. The van der Waals surface area contributed by atoms with Gasteiger partial charge in [0.05, 0.1) is 12.7 Å². The highest BCUT2D eigenvalue weighted by Gasteiger charge is 2.17. The lowest BCUT2D eigenvalue weighted by Gasteiger charge is -2.19. The fourth-order valence-electron chi connectivity index (χ4n) is 1.44. The number of halogens is 1. The molecule has 3 N–H and O–H groups in total. The molecule has 0 aliphatic carbocycles. The molecule has 0 saturated heterocycles. The highest BCUT2D eigenvalue weighted by molar-refractivity contribution is 5.94. The van der Waals surface area contributed by atoms with Crippen molar-refractivity contribution < 1.29 is 13.9 Å². The van der Waals surface area contributed by atoms with Gasteiger partial charge in [0.2, 0.25) is 0 Å². The Hall–Kier alpha value is -1.62. The smallest absolute Gasteiger partial charge is 0.254 e. The van der Waals surface area contributed by atoms with E-state index < -0.39 is 11.7 Å². The third-order valence-electron chi connectivity index (χ3n) is 3.00. The molecule has 100 valence electrons. The standard InChI is InChI=1S/C13H19FN2O2/c1-8(7-15)9(2)16-13(17)11-5-4-10(18-3)6-12(11)14/h4-6,8-9H,7,15H2,1-3H3,(H,16,17). The van der Waals surface area contributed by atoms with Crippen molar-refractivity contribution in [2.24, 2.45) is 11.7 Å². The Morgan fingerprint density at radius 3 is 2.67 bits per heavy atom. The van der Waals surface area contributed by atoms with Gasteiger partial charge in [0, 0.05) is 12.1 Å². The summed E-state index contributed by atoms with van der Waals surface area (Å²) in [5, 5.41) is 2.73. The van der Waals surface area contributed by atoms with Gasteiger partial charge in [0.25, 0.3) is 5.91 Å². The van der Waals surface area contributed by atoms with Crippen LogP contribution in [-0.4, -0.2) is 25.6 Å². The van der Waals surface area contributed by atoms with Crippen LogP contribution < -0.4 is 15.8 Å². The maximum atomic E-state index is 13.7. The van der Waals surface area contributed by atoms with Crippen molar-refractivity contribution in [3.63, 3.8) is 0 Å². The molecular formula is C13H19FN2O2. The van der Waals surface area contributed by atoms with Gasteiger partial charge in [-0.3, -0.25) is 4.79 Å². The first kappa shape index (κ1) is 14.4. The Kier molecular flexibility index (Phi) is 5.09. The van der Waals surface area contributed by atoms with Crippen molar-refractivity contribution in [1.29, 1.82) is 0 Å². The van der Waals surface area contributed by atoms with Gasteiger partial charge in [0.1, 0.15) is 11.6 Å². The monoisotopic (exact) mass is 254 g/mol. The van der Waals surface area contributed by atoms with Gasteiger partial charge >= 0.3 is 0 Å². The molecule has 1 rings (SSSR count). The van der Waals surface area contributed by atoms with Crippen LogP contribution in [0.4, 0.5) is 4.39 Å². The minimum atomic E-state index is -0.598. The minimum absolute atomic E-state index is 0.00636. The lowest BCUT2D eigenvalue weighted by Crippen LogP contribution is -2.40. The van der Waals surface area contributed by atoms with Crippen molar-refractivity contribution in [3.8, 4) is 5.75 Å². The average Bonchev–Trinajstić information content (AvgIpc) is 2.37. The van der Waals surface area contributed by atoms with Gasteiger partial charge in [-0.1, -0.05) is 6.92 Å². The van der Waals surface area contributed by atoms with Crippen LogP contribution in [0.25, 0.3) is 0 Å². The van der Waals surface area contributed by atoms with E-state index in [0.29, 0.717) is 12.3 Å². The first-order chi connectivity index (χ1) is 8.49. The summed E-state index contributed by atoms with van der Waals surface area (Å²) >= 11 is 0. The van der Waals surface area contributed by atoms with Crippen molar-refractivity contribution >= 4 is 5.91 Å². The molecular weight excluding hydrogens is 235 g/mol.